The number of fused-ring (bicyclic) bond motifs is 1. The maximum absolute atomic E-state index is 12.3. The van der Waals surface area contributed by atoms with Crippen LogP contribution in [0.1, 0.15) is 26.1 Å². The van der Waals surface area contributed by atoms with Gasteiger partial charge in [-0.25, -0.2) is 17.7 Å². The molecule has 0 fully saturated rings. The summed E-state index contributed by atoms with van der Waals surface area (Å²) in [6.07, 6.45) is 0.915. The third-order valence-electron chi connectivity index (χ3n) is 4.40. The van der Waals surface area contributed by atoms with Crippen molar-refractivity contribution in [2.24, 2.45) is 7.05 Å². The molecule has 1 amide bonds. The number of amides is 1. The summed E-state index contributed by atoms with van der Waals surface area (Å²) in [7, 11) is 1.39. The van der Waals surface area contributed by atoms with Crippen molar-refractivity contribution in [2.45, 2.75) is 31.6 Å². The molecule has 0 saturated carbocycles. The zero-order chi connectivity index (χ0) is 18.8. The molecule has 25 heavy (non-hydrogen) atoms. The Kier molecular flexibility index (Phi) is 5.84. The highest BCUT2D eigenvalue weighted by Crippen LogP contribution is 2.22. The second-order valence-corrected chi connectivity index (χ2v) is 8.24. The number of carbonyl (C=O) groups is 1. The molecule has 2 rings (SSSR count). The van der Waals surface area contributed by atoms with E-state index < -0.39 is 10.0 Å². The van der Waals surface area contributed by atoms with E-state index in [4.69, 9.17) is 0 Å². The molecule has 8 heteroatoms. The van der Waals surface area contributed by atoms with Gasteiger partial charge in [-0.1, -0.05) is 0 Å². The van der Waals surface area contributed by atoms with Gasteiger partial charge in [0, 0.05) is 47.1 Å². The summed E-state index contributed by atoms with van der Waals surface area (Å²) >= 11 is 0. The number of carbonyl (C=O) groups excluding carboxylic acids is 1. The van der Waals surface area contributed by atoms with Crippen LogP contribution in [0.15, 0.2) is 23.1 Å². The van der Waals surface area contributed by atoms with Gasteiger partial charge >= 0.3 is 0 Å². The van der Waals surface area contributed by atoms with Crippen LogP contribution in [-0.4, -0.2) is 60.3 Å². The quantitative estimate of drug-likeness (QED) is 0.746. The fraction of sp³-hybridized carbons (Fsp3) is 0.529. The molecule has 0 aliphatic carbocycles. The van der Waals surface area contributed by atoms with Gasteiger partial charge in [0.25, 0.3) is 0 Å². The number of aryl methyl sites for hydroxylation is 2. The first-order valence-corrected chi connectivity index (χ1v) is 9.82. The molecule has 0 atom stereocenters. The van der Waals surface area contributed by atoms with Crippen LogP contribution in [0.3, 0.4) is 0 Å². The number of rotatable bonds is 7. The average Bonchev–Trinajstić information content (AvgIpc) is 2.89. The fourth-order valence-electron chi connectivity index (χ4n) is 2.78. The normalized spacial score (nSPS) is 12.1. The van der Waals surface area contributed by atoms with Gasteiger partial charge < -0.3 is 9.47 Å². The van der Waals surface area contributed by atoms with E-state index in [1.807, 2.05) is 25.5 Å². The van der Waals surface area contributed by atoms with E-state index in [9.17, 15) is 13.2 Å². The molecule has 7 nitrogen and oxygen atoms in total. The molecule has 0 spiro atoms. The Balaban J connectivity index is 2.29. The highest BCUT2D eigenvalue weighted by Gasteiger charge is 2.19. The highest BCUT2D eigenvalue weighted by molar-refractivity contribution is 7.89. The van der Waals surface area contributed by atoms with E-state index in [1.54, 1.807) is 23.1 Å². The van der Waals surface area contributed by atoms with Gasteiger partial charge in [0.1, 0.15) is 5.82 Å². The number of hydrogen-bond donors (Lipinski definition) is 0. The Hall–Kier alpha value is -1.93. The van der Waals surface area contributed by atoms with Crippen LogP contribution < -0.4 is 0 Å². The summed E-state index contributed by atoms with van der Waals surface area (Å²) in [4.78, 5) is 18.7. The highest BCUT2D eigenvalue weighted by atomic mass is 32.2. The minimum Gasteiger partial charge on any atom is -0.343 e. The molecule has 0 aliphatic heterocycles. The van der Waals surface area contributed by atoms with Gasteiger partial charge in [0.2, 0.25) is 15.9 Å². The van der Waals surface area contributed by atoms with Crippen LogP contribution in [0.5, 0.6) is 0 Å². The minimum absolute atomic E-state index is 0.105. The largest absolute Gasteiger partial charge is 0.343 e. The van der Waals surface area contributed by atoms with Crippen LogP contribution in [0, 0.1) is 0 Å². The van der Waals surface area contributed by atoms with Crippen LogP contribution in [0.4, 0.5) is 0 Å². The molecule has 2 aromatic rings. The van der Waals surface area contributed by atoms with Crippen molar-refractivity contribution < 1.29 is 13.2 Å². The van der Waals surface area contributed by atoms with Gasteiger partial charge in [0.05, 0.1) is 15.9 Å². The SMILES string of the molecule is CCN(CC)C(=O)CCc1nc2cc(S(=O)(=O)N(C)C)ccc2n1C. The van der Waals surface area contributed by atoms with Gasteiger partial charge in [-0.2, -0.15) is 0 Å². The van der Waals surface area contributed by atoms with Crippen molar-refractivity contribution in [3.8, 4) is 0 Å². The van der Waals surface area contributed by atoms with E-state index >= 15 is 0 Å². The molecular formula is C17H26N4O3S. The average molecular weight is 366 g/mol. The molecule has 0 saturated heterocycles. The Morgan fingerprint density at radius 1 is 1.20 bits per heavy atom. The molecule has 0 aliphatic rings. The van der Waals surface area contributed by atoms with Crippen molar-refractivity contribution in [2.75, 3.05) is 27.2 Å². The van der Waals surface area contributed by atoms with Gasteiger partial charge in [-0.05, 0) is 32.0 Å². The summed E-state index contributed by atoms with van der Waals surface area (Å²) in [6, 6.07) is 4.93. The lowest BCUT2D eigenvalue weighted by atomic mass is 10.2. The lowest BCUT2D eigenvalue weighted by Gasteiger charge is -2.18. The van der Waals surface area contributed by atoms with Crippen LogP contribution in [0.25, 0.3) is 11.0 Å². The predicted molar refractivity (Wildman–Crippen MR) is 97.8 cm³/mol. The Bertz CT molecular complexity index is 867. The number of aromatic nitrogens is 2. The van der Waals surface area contributed by atoms with Gasteiger partial charge in [-0.15, -0.1) is 0 Å². The first-order chi connectivity index (χ1) is 11.7. The number of nitrogens with zero attached hydrogens (tertiary/aromatic N) is 4. The molecule has 1 aromatic heterocycles. The van der Waals surface area contributed by atoms with Crippen molar-refractivity contribution in [1.82, 2.24) is 18.8 Å². The number of hydrogen-bond acceptors (Lipinski definition) is 4. The summed E-state index contributed by atoms with van der Waals surface area (Å²) in [5, 5.41) is 0. The molecule has 0 bridgehead atoms. The lowest BCUT2D eigenvalue weighted by Crippen LogP contribution is -2.30. The Morgan fingerprint density at radius 3 is 2.40 bits per heavy atom. The predicted octanol–water partition coefficient (Wildman–Crippen LogP) is 1.62. The number of imidazole rings is 1. The first-order valence-electron chi connectivity index (χ1n) is 8.38. The third-order valence-corrected chi connectivity index (χ3v) is 6.21. The zero-order valence-electron chi connectivity index (χ0n) is 15.5. The van der Waals surface area contributed by atoms with Crippen LogP contribution in [-0.2, 0) is 28.3 Å². The molecule has 0 unspecified atom stereocenters. The van der Waals surface area contributed by atoms with E-state index in [1.165, 1.54) is 18.4 Å². The molecule has 1 heterocycles. The number of benzene rings is 1. The lowest BCUT2D eigenvalue weighted by molar-refractivity contribution is -0.130. The zero-order valence-corrected chi connectivity index (χ0v) is 16.3. The minimum atomic E-state index is -3.49. The smallest absolute Gasteiger partial charge is 0.242 e. The second kappa shape index (κ2) is 7.53. The van der Waals surface area contributed by atoms with Crippen LogP contribution >= 0.6 is 0 Å². The van der Waals surface area contributed by atoms with Crippen LogP contribution in [0.2, 0.25) is 0 Å². The fourth-order valence-corrected chi connectivity index (χ4v) is 3.70. The second-order valence-electron chi connectivity index (χ2n) is 6.09. The van der Waals surface area contributed by atoms with Crippen molar-refractivity contribution in [1.29, 1.82) is 0 Å². The molecule has 138 valence electrons. The van der Waals surface area contributed by atoms with E-state index in [0.29, 0.717) is 31.4 Å². The van der Waals surface area contributed by atoms with Crippen molar-refractivity contribution >= 4 is 27.0 Å². The van der Waals surface area contributed by atoms with E-state index in [-0.39, 0.29) is 10.8 Å². The Labute approximate surface area is 149 Å². The maximum atomic E-state index is 12.3. The summed E-state index contributed by atoms with van der Waals surface area (Å²) in [6.45, 7) is 5.32. The topological polar surface area (TPSA) is 75.5 Å². The standard InChI is InChI=1S/C17H26N4O3S/c1-6-21(7-2)17(22)11-10-16-18-14-12-13(25(23,24)19(3)4)8-9-15(14)20(16)5/h8-9,12H,6-7,10-11H2,1-5H3. The monoisotopic (exact) mass is 366 g/mol. The number of sulfonamides is 1. The molecular weight excluding hydrogens is 340 g/mol. The summed E-state index contributed by atoms with van der Waals surface area (Å²) in [5.41, 5.74) is 1.47. The van der Waals surface area contributed by atoms with Crippen molar-refractivity contribution in [3.05, 3.63) is 24.0 Å². The van der Waals surface area contributed by atoms with Gasteiger partial charge in [0.15, 0.2) is 0 Å². The van der Waals surface area contributed by atoms with Gasteiger partial charge in [-0.3, -0.25) is 4.79 Å². The summed E-state index contributed by atoms with van der Waals surface area (Å²) in [5.74, 6) is 0.878. The maximum Gasteiger partial charge on any atom is 0.242 e. The molecule has 0 radical (unpaired) electrons. The third kappa shape index (κ3) is 3.85. The Morgan fingerprint density at radius 2 is 1.84 bits per heavy atom. The molecule has 1 aromatic carbocycles. The molecule has 0 N–H and O–H groups in total. The van der Waals surface area contributed by atoms with Crippen molar-refractivity contribution in [3.63, 3.8) is 0 Å². The van der Waals surface area contributed by atoms with E-state index in [0.717, 1.165) is 11.3 Å². The summed E-state index contributed by atoms with van der Waals surface area (Å²) < 4.78 is 27.6. The van der Waals surface area contributed by atoms with E-state index in [2.05, 4.69) is 4.98 Å². The first kappa shape index (κ1) is 19.4.